The van der Waals surface area contributed by atoms with Crippen molar-refractivity contribution in [2.75, 3.05) is 0 Å². The number of aryl methyl sites for hydroxylation is 2. The summed E-state index contributed by atoms with van der Waals surface area (Å²) >= 11 is 0. The Morgan fingerprint density at radius 3 is 1.41 bits per heavy atom. The molecule has 0 atom stereocenters. The predicted octanol–water partition coefficient (Wildman–Crippen LogP) is 9.00. The van der Waals surface area contributed by atoms with E-state index in [2.05, 4.69) is 99.6 Å². The van der Waals surface area contributed by atoms with Crippen LogP contribution in [0.1, 0.15) is 112 Å². The molecule has 2 aromatic carbocycles. The van der Waals surface area contributed by atoms with Gasteiger partial charge in [0, 0.05) is 0 Å². The molecule has 0 aliphatic heterocycles. The van der Waals surface area contributed by atoms with E-state index in [1.807, 2.05) is 13.8 Å². The third-order valence-corrected chi connectivity index (χ3v) is 5.30. The molecule has 0 aliphatic rings. The van der Waals surface area contributed by atoms with Gasteiger partial charge in [0.25, 0.3) is 0 Å². The van der Waals surface area contributed by atoms with Crippen molar-refractivity contribution >= 4 is 0 Å². The Kier molecular flexibility index (Phi) is 11.3. The van der Waals surface area contributed by atoms with Crippen LogP contribution in [0.2, 0.25) is 0 Å². The average Bonchev–Trinajstić information content (AvgIpc) is 2.61. The molecule has 0 heterocycles. The summed E-state index contributed by atoms with van der Waals surface area (Å²) < 4.78 is 0. The van der Waals surface area contributed by atoms with Gasteiger partial charge in [0.2, 0.25) is 0 Å². The molecule has 0 saturated heterocycles. The molecule has 152 valence electrons. The highest BCUT2D eigenvalue weighted by Crippen LogP contribution is 2.24. The van der Waals surface area contributed by atoms with E-state index in [0.29, 0.717) is 17.8 Å². The second kappa shape index (κ2) is 12.0. The minimum absolute atomic E-state index is 0.639. The maximum atomic E-state index is 2.32. The Morgan fingerprint density at radius 2 is 1.00 bits per heavy atom. The Balaban J connectivity index is 0.000000460. The van der Waals surface area contributed by atoms with Crippen LogP contribution in [0.5, 0.6) is 0 Å². The predicted molar refractivity (Wildman–Crippen MR) is 125 cm³/mol. The topological polar surface area (TPSA) is 0 Å². The van der Waals surface area contributed by atoms with Gasteiger partial charge in [-0.2, -0.15) is 0 Å². The van der Waals surface area contributed by atoms with Crippen LogP contribution in [0.15, 0.2) is 30.3 Å². The molecule has 0 nitrogen and oxygen atoms in total. The van der Waals surface area contributed by atoms with E-state index in [-0.39, 0.29) is 0 Å². The number of benzene rings is 2. The van der Waals surface area contributed by atoms with Gasteiger partial charge < -0.3 is 0 Å². The summed E-state index contributed by atoms with van der Waals surface area (Å²) in [5.41, 5.74) is 10.1. The lowest BCUT2D eigenvalue weighted by molar-refractivity contribution is 0.835. The monoisotopic (exact) mass is 368 g/mol. The lowest BCUT2D eigenvalue weighted by Gasteiger charge is -2.13. The lowest BCUT2D eigenvalue weighted by Crippen LogP contribution is -1.96. The standard InChI is InChI=1S/C13H20.C12H18.C2H6/c1-9(2)12-6-7-13(10(3)4)11(5)8-12;1-8(2)12-7-6-9(3)10(4)11(12)5;1-2/h6-10H,1-5H3;6-8H,1-5H3;1-2H3. The van der Waals surface area contributed by atoms with Crippen molar-refractivity contribution in [3.05, 3.63) is 69.3 Å². The van der Waals surface area contributed by atoms with Crippen molar-refractivity contribution in [2.24, 2.45) is 0 Å². The van der Waals surface area contributed by atoms with Crippen LogP contribution < -0.4 is 0 Å². The summed E-state index contributed by atoms with van der Waals surface area (Å²) in [5.74, 6) is 1.92. The highest BCUT2D eigenvalue weighted by atomic mass is 14.1. The molecule has 0 unspecified atom stereocenters. The zero-order chi connectivity index (χ0) is 21.3. The molecule has 0 aromatic heterocycles. The molecule has 0 saturated carbocycles. The van der Waals surface area contributed by atoms with Gasteiger partial charge in [-0.1, -0.05) is 85.7 Å². The Hall–Kier alpha value is -1.56. The van der Waals surface area contributed by atoms with Gasteiger partial charge in [-0.15, -0.1) is 0 Å². The zero-order valence-corrected chi connectivity index (χ0v) is 20.1. The van der Waals surface area contributed by atoms with Crippen LogP contribution in [-0.2, 0) is 0 Å². The van der Waals surface area contributed by atoms with Crippen molar-refractivity contribution < 1.29 is 0 Å². The van der Waals surface area contributed by atoms with Crippen molar-refractivity contribution in [3.63, 3.8) is 0 Å². The van der Waals surface area contributed by atoms with Crippen molar-refractivity contribution in [2.45, 2.75) is 101 Å². The Morgan fingerprint density at radius 1 is 0.519 bits per heavy atom. The fourth-order valence-electron chi connectivity index (χ4n) is 3.31. The van der Waals surface area contributed by atoms with E-state index < -0.39 is 0 Å². The first-order valence-corrected chi connectivity index (χ1v) is 10.7. The Labute approximate surface area is 170 Å². The third-order valence-electron chi connectivity index (χ3n) is 5.30. The highest BCUT2D eigenvalue weighted by Gasteiger charge is 2.06. The van der Waals surface area contributed by atoms with Crippen molar-refractivity contribution in [1.82, 2.24) is 0 Å². The highest BCUT2D eigenvalue weighted by molar-refractivity contribution is 5.40. The van der Waals surface area contributed by atoms with E-state index in [9.17, 15) is 0 Å². The molecule has 2 rings (SSSR count). The maximum Gasteiger partial charge on any atom is -0.0216 e. The first-order valence-electron chi connectivity index (χ1n) is 10.7. The molecule has 0 heteroatoms. The van der Waals surface area contributed by atoms with E-state index >= 15 is 0 Å². The molecular weight excluding hydrogens is 324 g/mol. The lowest BCUT2D eigenvalue weighted by atomic mass is 9.92. The molecule has 0 bridgehead atoms. The van der Waals surface area contributed by atoms with Gasteiger partial charge in [0.1, 0.15) is 0 Å². The van der Waals surface area contributed by atoms with Gasteiger partial charge >= 0.3 is 0 Å². The summed E-state index contributed by atoms with van der Waals surface area (Å²) in [4.78, 5) is 0. The third kappa shape index (κ3) is 7.53. The molecule has 0 radical (unpaired) electrons. The maximum absolute atomic E-state index is 2.32. The minimum atomic E-state index is 0.639. The van der Waals surface area contributed by atoms with Gasteiger partial charge in [-0.3, -0.25) is 0 Å². The molecule has 27 heavy (non-hydrogen) atoms. The summed E-state index contributed by atoms with van der Waals surface area (Å²) in [6.45, 7) is 26.3. The average molecular weight is 369 g/mol. The molecular formula is C27H44. The normalized spacial score (nSPS) is 10.5. The number of rotatable bonds is 3. The van der Waals surface area contributed by atoms with Crippen molar-refractivity contribution in [3.8, 4) is 0 Å². The number of hydrogen-bond acceptors (Lipinski definition) is 0. The largest absolute Gasteiger partial charge is 0.0683 e. The Bertz CT molecular complexity index is 687. The zero-order valence-electron chi connectivity index (χ0n) is 20.1. The first-order chi connectivity index (χ1) is 12.6. The van der Waals surface area contributed by atoms with Crippen molar-refractivity contribution in [1.29, 1.82) is 0 Å². The van der Waals surface area contributed by atoms with Gasteiger partial charge in [-0.25, -0.2) is 0 Å². The van der Waals surface area contributed by atoms with Gasteiger partial charge in [0.05, 0.1) is 0 Å². The molecule has 2 aromatic rings. The van der Waals surface area contributed by atoms with E-state index in [4.69, 9.17) is 0 Å². The summed E-state index contributed by atoms with van der Waals surface area (Å²) in [7, 11) is 0. The summed E-state index contributed by atoms with van der Waals surface area (Å²) in [6, 6.07) is 11.3. The van der Waals surface area contributed by atoms with Crippen LogP contribution in [0.4, 0.5) is 0 Å². The van der Waals surface area contributed by atoms with E-state index in [1.54, 1.807) is 0 Å². The van der Waals surface area contributed by atoms with Gasteiger partial charge in [-0.05, 0) is 84.4 Å². The van der Waals surface area contributed by atoms with E-state index in [0.717, 1.165) is 0 Å². The summed E-state index contributed by atoms with van der Waals surface area (Å²) in [5, 5.41) is 0. The SMILES string of the molecule is CC.Cc1cc(C(C)C)ccc1C(C)C.Cc1ccc(C(C)C)c(C)c1C. The second-order valence-electron chi connectivity index (χ2n) is 8.30. The fraction of sp³-hybridized carbons (Fsp3) is 0.556. The molecule has 0 N–H and O–H groups in total. The smallest absolute Gasteiger partial charge is 0.0216 e. The molecule has 0 amide bonds. The van der Waals surface area contributed by atoms with Gasteiger partial charge in [0.15, 0.2) is 0 Å². The summed E-state index contributed by atoms with van der Waals surface area (Å²) in [6.07, 6.45) is 0. The minimum Gasteiger partial charge on any atom is -0.0683 e. The van der Waals surface area contributed by atoms with E-state index in [1.165, 1.54) is 38.9 Å². The second-order valence-corrected chi connectivity index (χ2v) is 8.30. The van der Waals surface area contributed by atoms with Crippen LogP contribution >= 0.6 is 0 Å². The number of hydrogen-bond donors (Lipinski definition) is 0. The van der Waals surface area contributed by atoms with Crippen LogP contribution in [0, 0.1) is 27.7 Å². The van der Waals surface area contributed by atoms with Crippen LogP contribution in [-0.4, -0.2) is 0 Å². The fourth-order valence-corrected chi connectivity index (χ4v) is 3.31. The first kappa shape index (κ1) is 25.4. The quantitative estimate of drug-likeness (QED) is 0.507. The molecule has 0 spiro atoms. The van der Waals surface area contributed by atoms with Crippen LogP contribution in [0.25, 0.3) is 0 Å². The molecule has 0 aliphatic carbocycles. The van der Waals surface area contributed by atoms with Crippen LogP contribution in [0.3, 0.4) is 0 Å². The molecule has 0 fully saturated rings.